The number of hydrogen-bond acceptors (Lipinski definition) is 0. The van der Waals surface area contributed by atoms with E-state index in [1.165, 1.54) is 70.6 Å². The molecular formula is C24H44. The fourth-order valence-electron chi connectivity index (χ4n) is 4.99. The van der Waals surface area contributed by atoms with Gasteiger partial charge < -0.3 is 0 Å². The maximum absolute atomic E-state index is 3.82. The fourth-order valence-corrected chi connectivity index (χ4v) is 4.99. The molecule has 1 aliphatic rings. The quantitative estimate of drug-likeness (QED) is 0.324. The Kier molecular flexibility index (Phi) is 10.7. The van der Waals surface area contributed by atoms with Crippen LogP contribution in [0.25, 0.3) is 0 Å². The van der Waals surface area contributed by atoms with Gasteiger partial charge in [-0.25, -0.2) is 0 Å². The lowest BCUT2D eigenvalue weighted by molar-refractivity contribution is 0.177. The van der Waals surface area contributed by atoms with Crippen LogP contribution in [0.2, 0.25) is 0 Å². The van der Waals surface area contributed by atoms with E-state index in [4.69, 9.17) is 0 Å². The van der Waals surface area contributed by atoms with Gasteiger partial charge in [-0.1, -0.05) is 84.4 Å². The lowest BCUT2D eigenvalue weighted by Crippen LogP contribution is -2.25. The first-order valence-corrected chi connectivity index (χ1v) is 10.8. The third-order valence-electron chi connectivity index (χ3n) is 6.43. The van der Waals surface area contributed by atoms with Crippen molar-refractivity contribution < 1.29 is 0 Å². The molecule has 1 aliphatic carbocycles. The van der Waals surface area contributed by atoms with Crippen molar-refractivity contribution in [1.82, 2.24) is 0 Å². The van der Waals surface area contributed by atoms with Gasteiger partial charge in [-0.15, -0.1) is 6.58 Å². The third kappa shape index (κ3) is 8.04. The summed E-state index contributed by atoms with van der Waals surface area (Å²) in [5.41, 5.74) is 0.412. The highest BCUT2D eigenvalue weighted by Gasteiger charge is 2.29. The van der Waals surface area contributed by atoms with E-state index in [2.05, 4.69) is 46.4 Å². The van der Waals surface area contributed by atoms with Gasteiger partial charge >= 0.3 is 0 Å². The van der Waals surface area contributed by atoms with Crippen molar-refractivity contribution in [3.05, 3.63) is 24.8 Å². The molecule has 4 unspecified atom stereocenters. The third-order valence-corrected chi connectivity index (χ3v) is 6.43. The first-order valence-electron chi connectivity index (χ1n) is 10.8. The maximum Gasteiger partial charge on any atom is -0.0144 e. The molecule has 1 fully saturated rings. The molecule has 0 aromatic carbocycles. The van der Waals surface area contributed by atoms with Gasteiger partial charge in [-0.3, -0.25) is 0 Å². The van der Waals surface area contributed by atoms with Crippen molar-refractivity contribution in [2.45, 2.75) is 105 Å². The van der Waals surface area contributed by atoms with E-state index in [1.54, 1.807) is 0 Å². The van der Waals surface area contributed by atoms with Crippen LogP contribution >= 0.6 is 0 Å². The molecule has 140 valence electrons. The summed E-state index contributed by atoms with van der Waals surface area (Å²) in [5.74, 6) is 2.65. The Labute approximate surface area is 153 Å². The van der Waals surface area contributed by atoms with Crippen LogP contribution in [0.15, 0.2) is 24.8 Å². The molecule has 0 aromatic rings. The van der Waals surface area contributed by atoms with E-state index in [1.807, 2.05) is 6.08 Å². The lowest BCUT2D eigenvalue weighted by atomic mass is 9.70. The number of hydrogen-bond donors (Lipinski definition) is 0. The summed E-state index contributed by atoms with van der Waals surface area (Å²) in [6, 6.07) is 0. The molecule has 4 atom stereocenters. The minimum atomic E-state index is 0.412. The summed E-state index contributed by atoms with van der Waals surface area (Å²) in [5, 5.41) is 0. The molecule has 0 bridgehead atoms. The van der Waals surface area contributed by atoms with Crippen molar-refractivity contribution in [3.8, 4) is 0 Å². The van der Waals surface area contributed by atoms with Gasteiger partial charge in [-0.05, 0) is 61.7 Å². The van der Waals surface area contributed by atoms with E-state index in [-0.39, 0.29) is 0 Å². The molecule has 0 heterocycles. The van der Waals surface area contributed by atoms with Gasteiger partial charge in [0.15, 0.2) is 0 Å². The molecule has 24 heavy (non-hydrogen) atoms. The smallest absolute Gasteiger partial charge is 0.0144 e. The zero-order chi connectivity index (χ0) is 17.8. The standard InChI is InChI=1S/C24H44/c1-6-8-9-10-12-15-18-24(5)19-16-13-11-14-17-21(3)23(7-2)22(4)20-24/h6,15,18,21-23H,1,7-14,16-17,19-20H2,2-5H3. The SMILES string of the molecule is C=CCCCCC=CC1(C)CCCCCCC(C)C(CC)C(C)C1. The summed E-state index contributed by atoms with van der Waals surface area (Å²) >= 11 is 0. The average Bonchev–Trinajstić information content (AvgIpc) is 2.56. The van der Waals surface area contributed by atoms with Crippen molar-refractivity contribution in [2.75, 3.05) is 0 Å². The minimum absolute atomic E-state index is 0.412. The van der Waals surface area contributed by atoms with E-state index >= 15 is 0 Å². The first-order chi connectivity index (χ1) is 11.5. The van der Waals surface area contributed by atoms with Crippen LogP contribution in [0.3, 0.4) is 0 Å². The lowest BCUT2D eigenvalue weighted by Gasteiger charge is -2.35. The summed E-state index contributed by atoms with van der Waals surface area (Å²) in [7, 11) is 0. The van der Waals surface area contributed by atoms with Gasteiger partial charge in [-0.2, -0.15) is 0 Å². The summed E-state index contributed by atoms with van der Waals surface area (Å²) in [6.07, 6.45) is 23.4. The molecule has 0 radical (unpaired) electrons. The summed E-state index contributed by atoms with van der Waals surface area (Å²) < 4.78 is 0. The van der Waals surface area contributed by atoms with Crippen molar-refractivity contribution >= 4 is 0 Å². The highest BCUT2D eigenvalue weighted by molar-refractivity contribution is 4.99. The van der Waals surface area contributed by atoms with Crippen molar-refractivity contribution in [3.63, 3.8) is 0 Å². The highest BCUT2D eigenvalue weighted by atomic mass is 14.3. The molecule has 0 aromatic heterocycles. The second-order valence-electron chi connectivity index (χ2n) is 8.81. The molecule has 0 aliphatic heterocycles. The van der Waals surface area contributed by atoms with E-state index in [0.29, 0.717) is 5.41 Å². The van der Waals surface area contributed by atoms with Crippen LogP contribution in [0, 0.1) is 23.2 Å². The van der Waals surface area contributed by atoms with Gasteiger partial charge in [0.2, 0.25) is 0 Å². The van der Waals surface area contributed by atoms with Crippen LogP contribution in [0.1, 0.15) is 105 Å². The Morgan fingerprint density at radius 3 is 2.42 bits per heavy atom. The minimum Gasteiger partial charge on any atom is -0.103 e. The predicted octanol–water partition coefficient (Wildman–Crippen LogP) is 8.34. The van der Waals surface area contributed by atoms with Gasteiger partial charge in [0.1, 0.15) is 0 Å². The second-order valence-corrected chi connectivity index (χ2v) is 8.81. The average molecular weight is 333 g/mol. The van der Waals surface area contributed by atoms with Crippen molar-refractivity contribution in [2.24, 2.45) is 23.2 Å². The fraction of sp³-hybridized carbons (Fsp3) is 0.833. The van der Waals surface area contributed by atoms with E-state index < -0.39 is 0 Å². The Bertz CT molecular complexity index is 353. The molecule has 0 nitrogen and oxygen atoms in total. The molecule has 0 spiro atoms. The molecule has 0 amide bonds. The molecule has 0 heteroatoms. The van der Waals surface area contributed by atoms with Gasteiger partial charge in [0.25, 0.3) is 0 Å². The molecule has 1 saturated carbocycles. The van der Waals surface area contributed by atoms with Crippen LogP contribution in [0.4, 0.5) is 0 Å². The number of rotatable bonds is 7. The largest absolute Gasteiger partial charge is 0.103 e. The molecule has 0 saturated heterocycles. The summed E-state index contributed by atoms with van der Waals surface area (Å²) in [6.45, 7) is 13.8. The van der Waals surface area contributed by atoms with Crippen LogP contribution in [-0.4, -0.2) is 0 Å². The molecular weight excluding hydrogens is 288 g/mol. The van der Waals surface area contributed by atoms with Crippen LogP contribution in [0.5, 0.6) is 0 Å². The van der Waals surface area contributed by atoms with E-state index in [0.717, 1.165) is 24.2 Å². The predicted molar refractivity (Wildman–Crippen MR) is 110 cm³/mol. The van der Waals surface area contributed by atoms with Crippen LogP contribution < -0.4 is 0 Å². The molecule has 0 N–H and O–H groups in total. The van der Waals surface area contributed by atoms with Gasteiger partial charge in [0, 0.05) is 0 Å². The Morgan fingerprint density at radius 2 is 1.71 bits per heavy atom. The zero-order valence-corrected chi connectivity index (χ0v) is 17.2. The number of unbranched alkanes of at least 4 members (excludes halogenated alkanes) is 3. The zero-order valence-electron chi connectivity index (χ0n) is 17.2. The summed E-state index contributed by atoms with van der Waals surface area (Å²) in [4.78, 5) is 0. The highest BCUT2D eigenvalue weighted by Crippen LogP contribution is 2.40. The Hall–Kier alpha value is -0.520. The van der Waals surface area contributed by atoms with E-state index in [9.17, 15) is 0 Å². The van der Waals surface area contributed by atoms with Gasteiger partial charge in [0.05, 0.1) is 0 Å². The topological polar surface area (TPSA) is 0 Å². The number of allylic oxidation sites excluding steroid dienone is 3. The first kappa shape index (κ1) is 21.5. The maximum atomic E-state index is 3.82. The second kappa shape index (κ2) is 11.9. The monoisotopic (exact) mass is 332 g/mol. The Balaban J connectivity index is 2.69. The molecule has 1 rings (SSSR count). The Morgan fingerprint density at radius 1 is 1.00 bits per heavy atom. The normalized spacial score (nSPS) is 33.2. The van der Waals surface area contributed by atoms with Crippen LogP contribution in [-0.2, 0) is 0 Å². The van der Waals surface area contributed by atoms with Crippen molar-refractivity contribution in [1.29, 1.82) is 0 Å².